The molecule has 0 spiro atoms. The van der Waals surface area contributed by atoms with Crippen molar-refractivity contribution < 1.29 is 9.84 Å². The highest BCUT2D eigenvalue weighted by Crippen LogP contribution is 2.28. The summed E-state index contributed by atoms with van der Waals surface area (Å²) in [5, 5.41) is 24.2. The van der Waals surface area contributed by atoms with Crippen LogP contribution in [0.25, 0.3) is 10.9 Å². The van der Waals surface area contributed by atoms with Crippen LogP contribution in [0.3, 0.4) is 0 Å². The number of hydrogen-bond acceptors (Lipinski definition) is 6. The summed E-state index contributed by atoms with van der Waals surface area (Å²) in [6.45, 7) is 3.97. The number of nitrogens with zero attached hydrogens (tertiary/aromatic N) is 3. The van der Waals surface area contributed by atoms with Gasteiger partial charge in [-0.15, -0.1) is 0 Å². The van der Waals surface area contributed by atoms with Crippen molar-refractivity contribution in [3.05, 3.63) is 35.0 Å². The van der Waals surface area contributed by atoms with Crippen molar-refractivity contribution in [2.45, 2.75) is 6.10 Å². The fraction of sp³-hybridized carbons (Fsp3) is 0.412. The number of aromatic nitrogens is 1. The van der Waals surface area contributed by atoms with Gasteiger partial charge in [-0.25, -0.2) is 0 Å². The molecule has 1 aliphatic heterocycles. The third-order valence-electron chi connectivity index (χ3n) is 4.04. The Hall–Kier alpha value is -1.91. The van der Waals surface area contributed by atoms with Crippen LogP contribution in [0.5, 0.6) is 0 Å². The summed E-state index contributed by atoms with van der Waals surface area (Å²) in [6.07, 6.45) is 0.990. The van der Waals surface area contributed by atoms with E-state index < -0.39 is 6.10 Å². The van der Waals surface area contributed by atoms with Crippen LogP contribution in [0.15, 0.2) is 24.4 Å². The van der Waals surface area contributed by atoms with Crippen molar-refractivity contribution in [3.63, 3.8) is 0 Å². The van der Waals surface area contributed by atoms with Crippen LogP contribution in [-0.2, 0) is 4.74 Å². The zero-order valence-electron chi connectivity index (χ0n) is 13.2. The van der Waals surface area contributed by atoms with Crippen LogP contribution in [-0.4, -0.2) is 60.5 Å². The Bertz CT molecular complexity index is 756. The molecule has 1 aromatic heterocycles. The third-order valence-corrected chi connectivity index (χ3v) is 4.27. The molecule has 2 N–H and O–H groups in total. The molecule has 2 heterocycles. The predicted molar refractivity (Wildman–Crippen MR) is 93.2 cm³/mol. The molecule has 1 fully saturated rings. The molecule has 1 aliphatic rings. The van der Waals surface area contributed by atoms with E-state index in [1.807, 2.05) is 6.07 Å². The molecule has 1 atom stereocenters. The van der Waals surface area contributed by atoms with Crippen molar-refractivity contribution in [2.24, 2.45) is 0 Å². The average molecular weight is 347 g/mol. The molecule has 3 rings (SSSR count). The molecule has 0 amide bonds. The van der Waals surface area contributed by atoms with Crippen LogP contribution in [0.4, 0.5) is 5.69 Å². The molecule has 0 bridgehead atoms. The maximum atomic E-state index is 10.3. The maximum Gasteiger partial charge on any atom is 0.103 e. The second kappa shape index (κ2) is 7.77. The van der Waals surface area contributed by atoms with E-state index in [1.54, 1.807) is 12.1 Å². The number of pyridine rings is 1. The monoisotopic (exact) mass is 346 g/mol. The van der Waals surface area contributed by atoms with Crippen molar-refractivity contribution >= 4 is 28.2 Å². The number of hydrogen-bond donors (Lipinski definition) is 2. The third kappa shape index (κ3) is 3.94. The Morgan fingerprint density at radius 3 is 2.96 bits per heavy atom. The zero-order valence-corrected chi connectivity index (χ0v) is 14.0. The molecule has 1 unspecified atom stereocenters. The topological polar surface area (TPSA) is 81.4 Å². The van der Waals surface area contributed by atoms with Gasteiger partial charge in [0.05, 0.1) is 36.1 Å². The van der Waals surface area contributed by atoms with Gasteiger partial charge >= 0.3 is 0 Å². The molecule has 0 saturated carbocycles. The average Bonchev–Trinajstić information content (AvgIpc) is 2.60. The summed E-state index contributed by atoms with van der Waals surface area (Å²) >= 11 is 6.07. The summed E-state index contributed by atoms with van der Waals surface area (Å²) in [5.74, 6) is 0. The Balaban J connectivity index is 1.74. The van der Waals surface area contributed by atoms with Gasteiger partial charge in [-0.3, -0.25) is 9.88 Å². The van der Waals surface area contributed by atoms with E-state index in [2.05, 4.69) is 21.3 Å². The van der Waals surface area contributed by atoms with Crippen molar-refractivity contribution in [2.75, 3.05) is 44.7 Å². The number of halogens is 1. The van der Waals surface area contributed by atoms with E-state index in [0.717, 1.165) is 24.0 Å². The number of aliphatic hydroxyl groups is 1. The summed E-state index contributed by atoms with van der Waals surface area (Å²) in [4.78, 5) is 6.44. The van der Waals surface area contributed by atoms with Crippen molar-refractivity contribution in [3.8, 4) is 6.07 Å². The molecule has 0 radical (unpaired) electrons. The van der Waals surface area contributed by atoms with Crippen molar-refractivity contribution in [1.29, 1.82) is 5.26 Å². The van der Waals surface area contributed by atoms with Gasteiger partial charge in [0, 0.05) is 42.8 Å². The number of nitriles is 1. The lowest BCUT2D eigenvalue weighted by molar-refractivity contribution is 0.0171. The largest absolute Gasteiger partial charge is 0.390 e. The first-order chi connectivity index (χ1) is 11.7. The van der Waals surface area contributed by atoms with Gasteiger partial charge in [0.15, 0.2) is 0 Å². The molecule has 1 saturated heterocycles. The molecule has 24 heavy (non-hydrogen) atoms. The minimum absolute atomic E-state index is 0.345. The quantitative estimate of drug-likeness (QED) is 0.860. The molecular formula is C17H19ClN4O2. The number of nitrogens with one attached hydrogen (secondary N) is 1. The van der Waals surface area contributed by atoms with E-state index >= 15 is 0 Å². The van der Waals surface area contributed by atoms with Gasteiger partial charge < -0.3 is 15.2 Å². The summed E-state index contributed by atoms with van der Waals surface area (Å²) in [6, 6.07) is 7.49. The van der Waals surface area contributed by atoms with Gasteiger partial charge in [-0.1, -0.05) is 11.6 Å². The van der Waals surface area contributed by atoms with Gasteiger partial charge in [0.2, 0.25) is 0 Å². The number of fused-ring (bicyclic) bond motifs is 1. The molecule has 2 aromatic rings. The highest BCUT2D eigenvalue weighted by atomic mass is 35.5. The van der Waals surface area contributed by atoms with E-state index in [0.29, 0.717) is 42.6 Å². The van der Waals surface area contributed by atoms with E-state index in [9.17, 15) is 10.4 Å². The zero-order chi connectivity index (χ0) is 16.9. The number of morpholine rings is 1. The Morgan fingerprint density at radius 1 is 1.42 bits per heavy atom. The SMILES string of the molecule is N#Cc1cnc2ccc(Cl)cc2c1NCC(O)CN1CCOCC1. The number of β-amino-alcohol motifs (C(OH)–C–C–N with tert-alkyl or cyclic N) is 1. The lowest BCUT2D eigenvalue weighted by atomic mass is 10.1. The fourth-order valence-corrected chi connectivity index (χ4v) is 2.98. The Morgan fingerprint density at radius 2 is 2.21 bits per heavy atom. The Labute approximate surface area is 145 Å². The number of ether oxygens (including phenoxy) is 1. The molecule has 0 aliphatic carbocycles. The van der Waals surface area contributed by atoms with Gasteiger partial charge in [0.25, 0.3) is 0 Å². The highest BCUT2D eigenvalue weighted by Gasteiger charge is 2.16. The van der Waals surface area contributed by atoms with Crippen molar-refractivity contribution in [1.82, 2.24) is 9.88 Å². The van der Waals surface area contributed by atoms with Gasteiger partial charge in [-0.2, -0.15) is 5.26 Å². The van der Waals surface area contributed by atoms with Crippen LogP contribution in [0.2, 0.25) is 5.02 Å². The first kappa shape index (κ1) is 16.9. The number of rotatable bonds is 5. The molecule has 6 nitrogen and oxygen atoms in total. The number of benzene rings is 1. The van der Waals surface area contributed by atoms with Crippen LogP contribution < -0.4 is 5.32 Å². The van der Waals surface area contributed by atoms with Crippen LogP contribution >= 0.6 is 11.6 Å². The van der Waals surface area contributed by atoms with Gasteiger partial charge in [0.1, 0.15) is 6.07 Å². The minimum Gasteiger partial charge on any atom is -0.390 e. The molecular weight excluding hydrogens is 328 g/mol. The summed E-state index contributed by atoms with van der Waals surface area (Å²) < 4.78 is 5.31. The minimum atomic E-state index is -0.544. The lowest BCUT2D eigenvalue weighted by Gasteiger charge is -2.28. The smallest absolute Gasteiger partial charge is 0.103 e. The Kier molecular flexibility index (Phi) is 5.48. The van der Waals surface area contributed by atoms with E-state index in [-0.39, 0.29) is 0 Å². The van der Waals surface area contributed by atoms with Crippen LogP contribution in [0, 0.1) is 11.3 Å². The van der Waals surface area contributed by atoms with Gasteiger partial charge in [-0.05, 0) is 18.2 Å². The first-order valence-corrected chi connectivity index (χ1v) is 8.25. The second-order valence-electron chi connectivity index (χ2n) is 5.77. The van der Waals surface area contributed by atoms with E-state index in [4.69, 9.17) is 16.3 Å². The lowest BCUT2D eigenvalue weighted by Crippen LogP contribution is -2.42. The maximum absolute atomic E-state index is 10.3. The predicted octanol–water partition coefficient (Wildman–Crippen LogP) is 1.86. The summed E-state index contributed by atoms with van der Waals surface area (Å²) in [5.41, 5.74) is 1.85. The van der Waals surface area contributed by atoms with E-state index in [1.165, 1.54) is 6.20 Å². The number of aliphatic hydroxyl groups excluding tert-OH is 1. The number of anilines is 1. The second-order valence-corrected chi connectivity index (χ2v) is 6.20. The molecule has 126 valence electrons. The highest BCUT2D eigenvalue weighted by molar-refractivity contribution is 6.31. The molecule has 1 aromatic carbocycles. The van der Waals surface area contributed by atoms with Crippen LogP contribution in [0.1, 0.15) is 5.56 Å². The normalized spacial score (nSPS) is 16.7. The molecule has 7 heteroatoms. The fourth-order valence-electron chi connectivity index (χ4n) is 2.81. The summed E-state index contributed by atoms with van der Waals surface area (Å²) in [7, 11) is 0. The first-order valence-electron chi connectivity index (χ1n) is 7.88. The standard InChI is InChI=1S/C17H19ClN4O2/c18-13-1-2-16-15(7-13)17(12(8-19)9-20-16)21-10-14(23)11-22-3-5-24-6-4-22/h1-2,7,9,14,23H,3-6,10-11H2,(H,20,21).